The van der Waals surface area contributed by atoms with E-state index in [-0.39, 0.29) is 6.10 Å². The highest BCUT2D eigenvalue weighted by molar-refractivity contribution is 5.13. The molecule has 124 valence electrons. The van der Waals surface area contributed by atoms with Gasteiger partial charge in [0, 0.05) is 0 Å². The zero-order valence-corrected chi connectivity index (χ0v) is 14.6. The lowest BCUT2D eigenvalue weighted by molar-refractivity contribution is -0.166. The molecule has 4 aliphatic rings. The maximum absolute atomic E-state index is 11.2. The number of fused-ring (bicyclic) bond motifs is 5. The van der Waals surface area contributed by atoms with Crippen molar-refractivity contribution in [2.75, 3.05) is 0 Å². The molecule has 4 saturated carbocycles. The predicted octanol–water partition coefficient (Wildman–Crippen LogP) is 5.19. The van der Waals surface area contributed by atoms with E-state index in [4.69, 9.17) is 0 Å². The van der Waals surface area contributed by atoms with E-state index < -0.39 is 0 Å². The maximum Gasteiger partial charge on any atom is 0.0582 e. The molecule has 1 N–H and O–H groups in total. The third-order valence-electron chi connectivity index (χ3n) is 8.87. The molecule has 0 aromatic heterocycles. The van der Waals surface area contributed by atoms with Crippen molar-refractivity contribution in [1.82, 2.24) is 0 Å². The molecule has 1 unspecified atom stereocenters. The van der Waals surface area contributed by atoms with Crippen LogP contribution in [0.5, 0.6) is 0 Å². The van der Waals surface area contributed by atoms with E-state index in [1.54, 1.807) is 0 Å². The summed E-state index contributed by atoms with van der Waals surface area (Å²) in [6.45, 7) is 9.11. The molecule has 4 aliphatic carbocycles. The second kappa shape index (κ2) is 5.10. The molecule has 0 aromatic carbocycles. The van der Waals surface area contributed by atoms with Crippen molar-refractivity contribution >= 4 is 0 Å². The quantitative estimate of drug-likeness (QED) is 0.661. The lowest BCUT2D eigenvalue weighted by Gasteiger charge is -2.62. The number of aliphatic hydroxyl groups excluding tert-OH is 1. The topological polar surface area (TPSA) is 20.2 Å². The van der Waals surface area contributed by atoms with Gasteiger partial charge in [0.2, 0.25) is 0 Å². The lowest BCUT2D eigenvalue weighted by atomic mass is 9.44. The highest BCUT2D eigenvalue weighted by Gasteiger charge is 2.62. The molecule has 1 heteroatoms. The van der Waals surface area contributed by atoms with Gasteiger partial charge in [-0.25, -0.2) is 0 Å². The monoisotopic (exact) mass is 302 g/mol. The van der Waals surface area contributed by atoms with Crippen LogP contribution >= 0.6 is 0 Å². The van der Waals surface area contributed by atoms with E-state index in [0.29, 0.717) is 22.7 Å². The van der Waals surface area contributed by atoms with Gasteiger partial charge in [0.15, 0.2) is 0 Å². The summed E-state index contributed by atoms with van der Waals surface area (Å²) in [4.78, 5) is 0. The standard InChI is InChI=1S/C21H34O/c1-4-14-9-11-17-16-10-8-15-7-5-6-12-20(15,2)19(16)18(22)13-21(14,17)3/h4,14-19,22H,1,5-13H2,2-3H3/t14-,15?,16-,17-,18-,19+,20-,21+/m0/s1. The summed E-state index contributed by atoms with van der Waals surface area (Å²) >= 11 is 0. The molecule has 4 rings (SSSR count). The van der Waals surface area contributed by atoms with Crippen molar-refractivity contribution in [2.45, 2.75) is 77.7 Å². The van der Waals surface area contributed by atoms with Crippen molar-refractivity contribution in [3.8, 4) is 0 Å². The van der Waals surface area contributed by atoms with E-state index in [1.165, 1.54) is 51.4 Å². The van der Waals surface area contributed by atoms with Crippen LogP contribution in [0.1, 0.15) is 71.6 Å². The smallest absolute Gasteiger partial charge is 0.0582 e. The zero-order chi connectivity index (χ0) is 15.5. The average molecular weight is 303 g/mol. The highest BCUT2D eigenvalue weighted by Crippen LogP contribution is 2.67. The molecule has 0 radical (unpaired) electrons. The fourth-order valence-corrected chi connectivity index (χ4v) is 7.85. The first-order valence-electron chi connectivity index (χ1n) is 9.81. The Kier molecular flexibility index (Phi) is 3.53. The Balaban J connectivity index is 1.69. The molecule has 4 fully saturated rings. The Morgan fingerprint density at radius 2 is 1.82 bits per heavy atom. The molecular formula is C21H34O. The van der Waals surface area contributed by atoms with Gasteiger partial charge < -0.3 is 5.11 Å². The SMILES string of the molecule is C=C[C@H]1CC[C@H]2[C@@H]3CCC4CCCC[C@]4(C)[C@H]3[C@@H](O)C[C@]12C. The van der Waals surface area contributed by atoms with Crippen LogP contribution in [0.15, 0.2) is 12.7 Å². The molecule has 0 saturated heterocycles. The minimum absolute atomic E-state index is 0.0716. The second-order valence-electron chi connectivity index (χ2n) is 9.52. The molecular weight excluding hydrogens is 268 g/mol. The van der Waals surface area contributed by atoms with Crippen molar-refractivity contribution in [3.05, 3.63) is 12.7 Å². The van der Waals surface area contributed by atoms with Crippen LogP contribution in [0, 0.1) is 40.4 Å². The molecule has 8 atom stereocenters. The number of hydrogen-bond acceptors (Lipinski definition) is 1. The van der Waals surface area contributed by atoms with E-state index in [9.17, 15) is 5.11 Å². The summed E-state index contributed by atoms with van der Waals surface area (Å²) in [5.74, 6) is 3.71. The molecule has 0 heterocycles. The van der Waals surface area contributed by atoms with Gasteiger partial charge in [-0.05, 0) is 85.4 Å². The zero-order valence-electron chi connectivity index (χ0n) is 14.6. The van der Waals surface area contributed by atoms with E-state index >= 15 is 0 Å². The number of aliphatic hydroxyl groups is 1. The van der Waals surface area contributed by atoms with Crippen molar-refractivity contribution in [1.29, 1.82) is 0 Å². The second-order valence-corrected chi connectivity index (χ2v) is 9.52. The van der Waals surface area contributed by atoms with Gasteiger partial charge >= 0.3 is 0 Å². The van der Waals surface area contributed by atoms with Crippen molar-refractivity contribution in [2.24, 2.45) is 40.4 Å². The summed E-state index contributed by atoms with van der Waals surface area (Å²) in [5.41, 5.74) is 0.744. The van der Waals surface area contributed by atoms with Crippen LogP contribution < -0.4 is 0 Å². The number of rotatable bonds is 1. The van der Waals surface area contributed by atoms with Gasteiger partial charge in [0.1, 0.15) is 0 Å². The highest BCUT2D eigenvalue weighted by atomic mass is 16.3. The van der Waals surface area contributed by atoms with E-state index in [0.717, 1.165) is 24.2 Å². The predicted molar refractivity (Wildman–Crippen MR) is 91.4 cm³/mol. The molecule has 0 aliphatic heterocycles. The maximum atomic E-state index is 11.2. The Bertz CT molecular complexity index is 457. The Morgan fingerprint density at radius 3 is 2.59 bits per heavy atom. The Morgan fingerprint density at radius 1 is 1.00 bits per heavy atom. The van der Waals surface area contributed by atoms with Gasteiger partial charge in [-0.3, -0.25) is 0 Å². The van der Waals surface area contributed by atoms with Crippen molar-refractivity contribution in [3.63, 3.8) is 0 Å². The summed E-state index contributed by atoms with van der Waals surface area (Å²) in [5, 5.41) is 11.2. The van der Waals surface area contributed by atoms with E-state index in [1.807, 2.05) is 0 Å². The third-order valence-corrected chi connectivity index (χ3v) is 8.87. The number of allylic oxidation sites excluding steroid dienone is 1. The molecule has 0 bridgehead atoms. The van der Waals surface area contributed by atoms with Crippen molar-refractivity contribution < 1.29 is 5.11 Å². The summed E-state index contributed by atoms with van der Waals surface area (Å²) in [6.07, 6.45) is 14.2. The average Bonchev–Trinajstić information content (AvgIpc) is 2.82. The lowest BCUT2D eigenvalue weighted by Crippen LogP contribution is -2.58. The minimum atomic E-state index is -0.0716. The first-order chi connectivity index (χ1) is 10.5. The van der Waals surface area contributed by atoms with E-state index in [2.05, 4.69) is 26.5 Å². The molecule has 1 nitrogen and oxygen atoms in total. The first-order valence-corrected chi connectivity index (χ1v) is 9.81. The normalized spacial score (nSPS) is 57.6. The Labute approximate surface area is 136 Å². The van der Waals surface area contributed by atoms with Gasteiger partial charge in [0.25, 0.3) is 0 Å². The summed E-state index contributed by atoms with van der Waals surface area (Å²) in [6, 6.07) is 0. The van der Waals surface area contributed by atoms with Gasteiger partial charge in [-0.15, -0.1) is 6.58 Å². The molecule has 0 amide bonds. The fourth-order valence-electron chi connectivity index (χ4n) is 7.85. The van der Waals surface area contributed by atoms with Crippen LogP contribution in [0.25, 0.3) is 0 Å². The number of hydrogen-bond donors (Lipinski definition) is 1. The Hall–Kier alpha value is -0.300. The minimum Gasteiger partial charge on any atom is -0.393 e. The molecule has 0 spiro atoms. The largest absolute Gasteiger partial charge is 0.393 e. The first kappa shape index (κ1) is 15.2. The van der Waals surface area contributed by atoms with Crippen LogP contribution in [0.4, 0.5) is 0 Å². The van der Waals surface area contributed by atoms with Crippen LogP contribution in [0.2, 0.25) is 0 Å². The van der Waals surface area contributed by atoms with Gasteiger partial charge in [0.05, 0.1) is 6.10 Å². The molecule has 22 heavy (non-hydrogen) atoms. The van der Waals surface area contributed by atoms with Gasteiger partial charge in [-0.2, -0.15) is 0 Å². The van der Waals surface area contributed by atoms with Gasteiger partial charge in [-0.1, -0.05) is 32.8 Å². The summed E-state index contributed by atoms with van der Waals surface area (Å²) < 4.78 is 0. The van der Waals surface area contributed by atoms with Crippen LogP contribution in [-0.2, 0) is 0 Å². The summed E-state index contributed by atoms with van der Waals surface area (Å²) in [7, 11) is 0. The van der Waals surface area contributed by atoms with Crippen LogP contribution in [0.3, 0.4) is 0 Å². The third kappa shape index (κ3) is 1.87. The molecule has 0 aromatic rings. The fraction of sp³-hybridized carbons (Fsp3) is 0.905. The van der Waals surface area contributed by atoms with Crippen LogP contribution in [-0.4, -0.2) is 11.2 Å².